The molecule has 0 aromatic carbocycles. The molecule has 0 atom stereocenters. The van der Waals surface area contributed by atoms with Crippen LogP contribution in [-0.2, 0) is 0 Å². The van der Waals surface area contributed by atoms with Gasteiger partial charge >= 0.3 is 0 Å². The highest BCUT2D eigenvalue weighted by atomic mass is 32.2. The minimum atomic E-state index is 0.928. The molecular weight excluding hydrogens is 194 g/mol. The number of likely N-dealkylation sites (N-methyl/N-ethyl adjacent to an activating group) is 1. The number of nitrogens with zero attached hydrogens (tertiary/aromatic N) is 2. The van der Waals surface area contributed by atoms with Gasteiger partial charge in [-0.3, -0.25) is 0 Å². The summed E-state index contributed by atoms with van der Waals surface area (Å²) >= 11 is 1.66. The number of pyridine rings is 1. The van der Waals surface area contributed by atoms with Crippen LogP contribution < -0.4 is 5.32 Å². The molecule has 3 nitrogen and oxygen atoms in total. The van der Waals surface area contributed by atoms with Crippen molar-refractivity contribution in [1.82, 2.24) is 9.88 Å². The van der Waals surface area contributed by atoms with E-state index in [9.17, 15) is 0 Å². The summed E-state index contributed by atoms with van der Waals surface area (Å²) < 4.78 is 0. The summed E-state index contributed by atoms with van der Waals surface area (Å²) in [7, 11) is 4.13. The lowest BCUT2D eigenvalue weighted by molar-refractivity contribution is 0.425. The molecule has 0 unspecified atom stereocenters. The molecule has 4 heteroatoms. The predicted octanol–water partition coefficient (Wildman–Crippen LogP) is 1.78. The van der Waals surface area contributed by atoms with Crippen LogP contribution in [0.3, 0.4) is 0 Å². The number of aromatic nitrogens is 1. The molecule has 0 amide bonds. The number of hydrogen-bond acceptors (Lipinski definition) is 4. The molecule has 0 aliphatic rings. The van der Waals surface area contributed by atoms with Crippen LogP contribution in [0.25, 0.3) is 0 Å². The van der Waals surface area contributed by atoms with Gasteiger partial charge in [0.05, 0.1) is 5.03 Å². The Morgan fingerprint density at radius 1 is 1.43 bits per heavy atom. The first-order valence-corrected chi connectivity index (χ1v) is 5.84. The molecule has 1 N–H and O–H groups in total. The van der Waals surface area contributed by atoms with Crippen molar-refractivity contribution in [1.29, 1.82) is 0 Å². The second-order valence-electron chi connectivity index (χ2n) is 3.30. The van der Waals surface area contributed by atoms with E-state index < -0.39 is 0 Å². The van der Waals surface area contributed by atoms with Crippen molar-refractivity contribution < 1.29 is 0 Å². The smallest absolute Gasteiger partial charge is 0.127 e. The zero-order valence-electron chi connectivity index (χ0n) is 8.95. The maximum atomic E-state index is 4.42. The van der Waals surface area contributed by atoms with Gasteiger partial charge < -0.3 is 10.2 Å². The Labute approximate surface area is 89.9 Å². The summed E-state index contributed by atoms with van der Waals surface area (Å²) in [6.45, 7) is 1.95. The molecule has 0 aliphatic heterocycles. The van der Waals surface area contributed by atoms with Gasteiger partial charge in [-0.25, -0.2) is 4.98 Å². The van der Waals surface area contributed by atoms with E-state index >= 15 is 0 Å². The zero-order chi connectivity index (χ0) is 10.4. The quantitative estimate of drug-likeness (QED) is 0.751. The summed E-state index contributed by atoms with van der Waals surface area (Å²) in [5.41, 5.74) is 0. The van der Waals surface area contributed by atoms with Crippen molar-refractivity contribution in [2.45, 2.75) is 5.03 Å². The van der Waals surface area contributed by atoms with Gasteiger partial charge in [0.1, 0.15) is 5.82 Å². The Balaban J connectivity index is 2.42. The lowest BCUT2D eigenvalue weighted by Gasteiger charge is -2.10. The van der Waals surface area contributed by atoms with Gasteiger partial charge in [-0.1, -0.05) is 6.07 Å². The molecular formula is C10H17N3S. The van der Waals surface area contributed by atoms with Crippen LogP contribution in [-0.4, -0.2) is 43.3 Å². The monoisotopic (exact) mass is 211 g/mol. The minimum Gasteiger partial charge on any atom is -0.369 e. The Morgan fingerprint density at radius 3 is 2.86 bits per heavy atom. The first-order chi connectivity index (χ1) is 6.72. The maximum Gasteiger partial charge on any atom is 0.127 e. The van der Waals surface area contributed by atoms with Crippen molar-refractivity contribution in [2.75, 3.05) is 38.8 Å². The van der Waals surface area contributed by atoms with Crippen LogP contribution in [0.2, 0.25) is 0 Å². The minimum absolute atomic E-state index is 0.928. The van der Waals surface area contributed by atoms with Gasteiger partial charge in [-0.2, -0.15) is 0 Å². The lowest BCUT2D eigenvalue weighted by Crippen LogP contribution is -2.21. The van der Waals surface area contributed by atoms with E-state index in [1.807, 2.05) is 24.5 Å². The number of thioether (sulfide) groups is 1. The lowest BCUT2D eigenvalue weighted by atomic mass is 10.4. The molecule has 0 fully saturated rings. The molecule has 0 spiro atoms. The van der Waals surface area contributed by atoms with Gasteiger partial charge in [-0.15, -0.1) is 11.8 Å². The predicted molar refractivity (Wildman–Crippen MR) is 63.1 cm³/mol. The normalized spacial score (nSPS) is 10.6. The van der Waals surface area contributed by atoms with Gasteiger partial charge in [0.25, 0.3) is 0 Å². The Hall–Kier alpha value is -0.740. The van der Waals surface area contributed by atoms with Crippen LogP contribution in [0.4, 0.5) is 5.82 Å². The van der Waals surface area contributed by atoms with E-state index in [4.69, 9.17) is 0 Å². The molecule has 0 bridgehead atoms. The third-order valence-electron chi connectivity index (χ3n) is 1.80. The standard InChI is InChI=1S/C10H17N3S/c1-13(2)8-7-11-9-5-4-6-10(12-9)14-3/h4-6H,7-8H2,1-3H3,(H,11,12). The van der Waals surface area contributed by atoms with Crippen LogP contribution >= 0.6 is 11.8 Å². The fourth-order valence-electron chi connectivity index (χ4n) is 1.03. The third kappa shape index (κ3) is 3.98. The van der Waals surface area contributed by atoms with Gasteiger partial charge in [0.2, 0.25) is 0 Å². The summed E-state index contributed by atoms with van der Waals surface area (Å²) in [5.74, 6) is 0.957. The molecule has 0 saturated carbocycles. The molecule has 1 rings (SSSR count). The van der Waals surface area contributed by atoms with Gasteiger partial charge in [0, 0.05) is 13.1 Å². The number of anilines is 1. The number of hydrogen-bond donors (Lipinski definition) is 1. The molecule has 0 saturated heterocycles. The molecule has 1 aromatic rings. The van der Waals surface area contributed by atoms with Crippen molar-refractivity contribution in [3.05, 3.63) is 18.2 Å². The van der Waals surface area contributed by atoms with E-state index in [0.717, 1.165) is 23.9 Å². The Morgan fingerprint density at radius 2 is 2.21 bits per heavy atom. The summed E-state index contributed by atoms with van der Waals surface area (Å²) in [6, 6.07) is 6.04. The molecule has 0 radical (unpaired) electrons. The fraction of sp³-hybridized carbons (Fsp3) is 0.500. The van der Waals surface area contributed by atoms with E-state index in [-0.39, 0.29) is 0 Å². The SMILES string of the molecule is CSc1cccc(NCCN(C)C)n1. The van der Waals surface area contributed by atoms with E-state index in [1.54, 1.807) is 11.8 Å². The van der Waals surface area contributed by atoms with Crippen molar-refractivity contribution >= 4 is 17.6 Å². The maximum absolute atomic E-state index is 4.42. The largest absolute Gasteiger partial charge is 0.369 e. The highest BCUT2D eigenvalue weighted by Gasteiger charge is 1.95. The zero-order valence-corrected chi connectivity index (χ0v) is 9.77. The molecule has 78 valence electrons. The average Bonchev–Trinajstić information content (AvgIpc) is 2.18. The fourth-order valence-corrected chi connectivity index (χ4v) is 1.44. The van der Waals surface area contributed by atoms with Crippen LogP contribution in [0, 0.1) is 0 Å². The molecule has 1 aromatic heterocycles. The number of rotatable bonds is 5. The van der Waals surface area contributed by atoms with Crippen molar-refractivity contribution in [3.8, 4) is 0 Å². The van der Waals surface area contributed by atoms with Crippen molar-refractivity contribution in [2.24, 2.45) is 0 Å². The Kier molecular flexibility index (Phi) is 4.76. The second-order valence-corrected chi connectivity index (χ2v) is 4.12. The topological polar surface area (TPSA) is 28.2 Å². The number of nitrogens with one attached hydrogen (secondary N) is 1. The van der Waals surface area contributed by atoms with E-state index in [0.29, 0.717) is 0 Å². The van der Waals surface area contributed by atoms with Crippen LogP contribution in [0.15, 0.2) is 23.2 Å². The second kappa shape index (κ2) is 5.88. The van der Waals surface area contributed by atoms with E-state index in [2.05, 4.69) is 29.3 Å². The highest BCUT2D eigenvalue weighted by Crippen LogP contribution is 2.13. The van der Waals surface area contributed by atoms with Crippen LogP contribution in [0.5, 0.6) is 0 Å². The Bertz CT molecular complexity index is 276. The van der Waals surface area contributed by atoms with Gasteiger partial charge in [-0.05, 0) is 32.5 Å². The van der Waals surface area contributed by atoms with Crippen molar-refractivity contribution in [3.63, 3.8) is 0 Å². The first-order valence-electron chi connectivity index (χ1n) is 4.62. The summed E-state index contributed by atoms with van der Waals surface area (Å²) in [6.07, 6.45) is 2.03. The summed E-state index contributed by atoms with van der Waals surface area (Å²) in [5, 5.41) is 4.34. The summed E-state index contributed by atoms with van der Waals surface area (Å²) in [4.78, 5) is 6.57. The third-order valence-corrected chi connectivity index (χ3v) is 2.44. The molecule has 1 heterocycles. The molecule has 0 aliphatic carbocycles. The highest BCUT2D eigenvalue weighted by molar-refractivity contribution is 7.98. The van der Waals surface area contributed by atoms with Crippen LogP contribution in [0.1, 0.15) is 0 Å². The average molecular weight is 211 g/mol. The van der Waals surface area contributed by atoms with E-state index in [1.165, 1.54) is 0 Å². The first kappa shape index (κ1) is 11.3. The van der Waals surface area contributed by atoms with Gasteiger partial charge in [0.15, 0.2) is 0 Å². The molecule has 14 heavy (non-hydrogen) atoms.